The van der Waals surface area contributed by atoms with Crippen LogP contribution in [0, 0.1) is 0 Å². The number of carbonyl (C=O) groups excluding carboxylic acids is 1. The molecule has 0 fully saturated rings. The van der Waals surface area contributed by atoms with Gasteiger partial charge in [-0.25, -0.2) is 4.98 Å². The summed E-state index contributed by atoms with van der Waals surface area (Å²) in [6.45, 7) is 3.89. The molecule has 0 bridgehead atoms. The number of nitrogens with one attached hydrogen (secondary N) is 1. The van der Waals surface area contributed by atoms with Gasteiger partial charge < -0.3 is 19.5 Å². The fourth-order valence-corrected chi connectivity index (χ4v) is 3.89. The van der Waals surface area contributed by atoms with E-state index < -0.39 is 5.97 Å². The van der Waals surface area contributed by atoms with Crippen molar-refractivity contribution in [2.45, 2.75) is 13.5 Å². The minimum atomic E-state index is -1.15. The van der Waals surface area contributed by atoms with Crippen molar-refractivity contribution in [3.8, 4) is 5.75 Å². The number of likely N-dealkylation sites (N-methyl/N-ethyl adjacent to an activating group) is 1. The van der Waals surface area contributed by atoms with Gasteiger partial charge >= 0.3 is 0 Å². The lowest BCUT2D eigenvalue weighted by atomic mass is 9.92. The summed E-state index contributed by atoms with van der Waals surface area (Å²) in [5.74, 6) is -0.346. The van der Waals surface area contributed by atoms with E-state index in [-0.39, 0.29) is 5.56 Å². The molecular formula is C23H22N2O3. The van der Waals surface area contributed by atoms with E-state index in [9.17, 15) is 9.90 Å². The number of ether oxygens (including phenoxy) is 1. The molecule has 0 saturated heterocycles. The Bertz CT molecular complexity index is 1090. The Balaban J connectivity index is 1.96. The van der Waals surface area contributed by atoms with Gasteiger partial charge in [0.2, 0.25) is 0 Å². The number of rotatable bonds is 4. The van der Waals surface area contributed by atoms with Crippen molar-refractivity contribution in [3.05, 3.63) is 70.9 Å². The Morgan fingerprint density at radius 1 is 1.18 bits per heavy atom. The zero-order valence-corrected chi connectivity index (χ0v) is 16.0. The van der Waals surface area contributed by atoms with Gasteiger partial charge in [0.05, 0.1) is 30.8 Å². The number of aromatic carboxylic acids is 1. The molecule has 142 valence electrons. The number of carboxylic acid groups (broad SMARTS) is 1. The Morgan fingerprint density at radius 3 is 2.71 bits per heavy atom. The van der Waals surface area contributed by atoms with Gasteiger partial charge in [-0.05, 0) is 25.1 Å². The highest BCUT2D eigenvalue weighted by molar-refractivity contribution is 6.05. The van der Waals surface area contributed by atoms with Crippen LogP contribution in [0.25, 0.3) is 22.6 Å². The van der Waals surface area contributed by atoms with Crippen LogP contribution < -0.4 is 14.7 Å². The predicted octanol–water partition coefficient (Wildman–Crippen LogP) is 1.57. The molecular weight excluding hydrogens is 352 g/mol. The zero-order chi connectivity index (χ0) is 19.7. The number of hydrogen-bond donors (Lipinski definition) is 1. The summed E-state index contributed by atoms with van der Waals surface area (Å²) >= 11 is 0. The maximum absolute atomic E-state index is 12.0. The van der Waals surface area contributed by atoms with Gasteiger partial charge in [0.1, 0.15) is 18.8 Å². The molecule has 28 heavy (non-hydrogen) atoms. The Hall–Kier alpha value is -3.18. The highest BCUT2D eigenvalue weighted by Gasteiger charge is 2.27. The number of carboxylic acids is 1. The molecule has 1 atom stereocenters. The quantitative estimate of drug-likeness (QED) is 0.753. The van der Waals surface area contributed by atoms with Gasteiger partial charge in [-0.2, -0.15) is 0 Å². The second kappa shape index (κ2) is 7.44. The number of para-hydroxylation sites is 2. The van der Waals surface area contributed by atoms with Gasteiger partial charge in [-0.1, -0.05) is 36.4 Å². The molecule has 0 aliphatic carbocycles. The van der Waals surface area contributed by atoms with Gasteiger partial charge in [0, 0.05) is 27.6 Å². The summed E-state index contributed by atoms with van der Waals surface area (Å²) < 4.78 is 5.75. The average Bonchev–Trinajstić information content (AvgIpc) is 2.68. The fraction of sp³-hybridized carbons (Fsp3) is 0.217. The molecule has 2 aromatic carbocycles. The van der Waals surface area contributed by atoms with Crippen LogP contribution in [0.5, 0.6) is 5.75 Å². The molecule has 0 saturated carbocycles. The van der Waals surface area contributed by atoms with Crippen LogP contribution in [0.3, 0.4) is 0 Å². The maximum Gasteiger partial charge on any atom is 0.126 e. The van der Waals surface area contributed by atoms with E-state index in [0.29, 0.717) is 24.1 Å². The van der Waals surface area contributed by atoms with E-state index in [0.717, 1.165) is 34.7 Å². The van der Waals surface area contributed by atoms with Gasteiger partial charge in [-0.3, -0.25) is 0 Å². The first-order chi connectivity index (χ1) is 13.6. The molecule has 0 spiro atoms. The fourth-order valence-electron chi connectivity index (χ4n) is 3.89. The Kier molecular flexibility index (Phi) is 4.84. The first-order valence-corrected chi connectivity index (χ1v) is 9.45. The molecule has 5 heteroatoms. The minimum absolute atomic E-state index is 0.253. The van der Waals surface area contributed by atoms with Crippen molar-refractivity contribution in [3.63, 3.8) is 0 Å². The van der Waals surface area contributed by atoms with E-state index in [1.165, 1.54) is 4.90 Å². The highest BCUT2D eigenvalue weighted by atomic mass is 16.5. The van der Waals surface area contributed by atoms with E-state index in [2.05, 4.69) is 13.1 Å². The molecule has 3 aromatic rings. The van der Waals surface area contributed by atoms with Crippen molar-refractivity contribution >= 4 is 28.5 Å². The molecule has 1 aliphatic heterocycles. The number of hydrogen-bond acceptors (Lipinski definition) is 4. The van der Waals surface area contributed by atoms with E-state index >= 15 is 0 Å². The van der Waals surface area contributed by atoms with Crippen molar-refractivity contribution in [2.24, 2.45) is 0 Å². The summed E-state index contributed by atoms with van der Waals surface area (Å²) in [6, 6.07) is 15.2. The lowest BCUT2D eigenvalue weighted by Crippen LogP contribution is -3.08. The van der Waals surface area contributed by atoms with Crippen LogP contribution in [-0.2, 0) is 6.54 Å². The van der Waals surface area contributed by atoms with Crippen molar-refractivity contribution in [1.29, 1.82) is 0 Å². The van der Waals surface area contributed by atoms with Gasteiger partial charge in [0.25, 0.3) is 0 Å². The van der Waals surface area contributed by atoms with E-state index in [1.807, 2.05) is 49.4 Å². The summed E-state index contributed by atoms with van der Waals surface area (Å²) in [5, 5.41) is 12.6. The number of aromatic nitrogens is 1. The molecule has 4 rings (SSSR count). The number of benzene rings is 2. The summed E-state index contributed by atoms with van der Waals surface area (Å²) in [4.78, 5) is 18.0. The Labute approximate surface area is 163 Å². The second-order valence-corrected chi connectivity index (χ2v) is 7.07. The second-order valence-electron chi connectivity index (χ2n) is 7.07. The summed E-state index contributed by atoms with van der Waals surface area (Å²) in [7, 11) is 2.06. The van der Waals surface area contributed by atoms with Crippen molar-refractivity contribution < 1.29 is 19.5 Å². The highest BCUT2D eigenvalue weighted by Crippen LogP contribution is 2.31. The molecule has 1 unspecified atom stereocenters. The van der Waals surface area contributed by atoms with Gasteiger partial charge in [0.15, 0.2) is 0 Å². The molecule has 1 N–H and O–H groups in total. The third-order valence-corrected chi connectivity index (χ3v) is 5.02. The average molecular weight is 374 g/mol. The van der Waals surface area contributed by atoms with Crippen LogP contribution >= 0.6 is 0 Å². The van der Waals surface area contributed by atoms with Crippen LogP contribution in [0.1, 0.15) is 34.1 Å². The number of carbonyl (C=O) groups is 1. The molecule has 5 nitrogen and oxygen atoms in total. The van der Waals surface area contributed by atoms with Crippen LogP contribution in [-0.4, -0.2) is 31.2 Å². The third-order valence-electron chi connectivity index (χ3n) is 5.02. The monoisotopic (exact) mass is 374 g/mol. The van der Waals surface area contributed by atoms with Crippen LogP contribution in [0.4, 0.5) is 0 Å². The molecule has 0 radical (unpaired) electrons. The summed E-state index contributed by atoms with van der Waals surface area (Å²) in [5.41, 5.74) is 4.37. The molecule has 2 heterocycles. The Morgan fingerprint density at radius 2 is 1.93 bits per heavy atom. The van der Waals surface area contributed by atoms with E-state index in [4.69, 9.17) is 9.72 Å². The van der Waals surface area contributed by atoms with Gasteiger partial charge in [-0.15, -0.1) is 0 Å². The molecule has 1 aromatic heterocycles. The first kappa shape index (κ1) is 18.2. The lowest BCUT2D eigenvalue weighted by Gasteiger charge is -2.27. The van der Waals surface area contributed by atoms with Crippen LogP contribution in [0.2, 0.25) is 0 Å². The largest absolute Gasteiger partial charge is 0.545 e. The number of fused-ring (bicyclic) bond motifs is 2. The maximum atomic E-state index is 12.0. The SMILES string of the molecule is CCOc1ccccc1/C=C1\C[NH+](C)Cc2c1nc1ccccc1c2C(=O)[O-]. The topological polar surface area (TPSA) is 66.7 Å². The van der Waals surface area contributed by atoms with Crippen molar-refractivity contribution in [1.82, 2.24) is 4.98 Å². The normalized spacial score (nSPS) is 17.5. The standard InChI is InChI=1S/C23H22N2O3/c1-3-28-20-11-7-4-8-15(20)12-16-13-25(2)14-18-21(23(26)27)17-9-5-6-10-19(17)24-22(16)18/h4-12H,3,13-14H2,1-2H3,(H,26,27)/b16-12+. The molecule has 0 amide bonds. The smallest absolute Gasteiger partial charge is 0.126 e. The minimum Gasteiger partial charge on any atom is -0.545 e. The van der Waals surface area contributed by atoms with Crippen molar-refractivity contribution in [2.75, 3.05) is 20.2 Å². The predicted molar refractivity (Wildman–Crippen MR) is 107 cm³/mol. The number of quaternary nitrogens is 1. The first-order valence-electron chi connectivity index (χ1n) is 9.45. The van der Waals surface area contributed by atoms with E-state index in [1.54, 1.807) is 6.07 Å². The number of nitrogens with zero attached hydrogens (tertiary/aromatic N) is 1. The summed E-state index contributed by atoms with van der Waals surface area (Å²) in [6.07, 6.45) is 2.06. The van der Waals surface area contributed by atoms with Crippen LogP contribution in [0.15, 0.2) is 48.5 Å². The number of pyridine rings is 1. The third kappa shape index (κ3) is 3.25. The zero-order valence-electron chi connectivity index (χ0n) is 16.0. The molecule has 1 aliphatic rings. The lowest BCUT2D eigenvalue weighted by molar-refractivity contribution is -0.887.